The average Bonchev–Trinajstić information content (AvgIpc) is 2.53. The summed E-state index contributed by atoms with van der Waals surface area (Å²) in [5, 5.41) is 13.5. The van der Waals surface area contributed by atoms with Gasteiger partial charge in [0.25, 0.3) is 5.91 Å². The van der Waals surface area contributed by atoms with Gasteiger partial charge in [-0.25, -0.2) is 8.42 Å². The molecule has 0 aliphatic heterocycles. The maximum atomic E-state index is 12.4. The molecule has 10 heteroatoms. The highest BCUT2D eigenvalue weighted by atomic mass is 32.2. The van der Waals surface area contributed by atoms with Crippen LogP contribution < -0.4 is 10.1 Å². The maximum absolute atomic E-state index is 12.4. The summed E-state index contributed by atoms with van der Waals surface area (Å²) in [4.78, 5) is 21.3. The molecule has 1 rings (SSSR count). The van der Waals surface area contributed by atoms with Crippen molar-refractivity contribution in [1.29, 1.82) is 0 Å². The third kappa shape index (κ3) is 4.39. The topological polar surface area (TPSA) is 119 Å². The summed E-state index contributed by atoms with van der Waals surface area (Å²) in [7, 11) is -2.41. The highest BCUT2D eigenvalue weighted by Crippen LogP contribution is 2.30. The Morgan fingerprint density at radius 2 is 1.96 bits per heavy atom. The number of likely N-dealkylation sites (N-methyl/N-ethyl adjacent to an activating group) is 1. The third-order valence-corrected chi connectivity index (χ3v) is 5.15. The number of nitrogens with one attached hydrogen (secondary N) is 1. The number of hydrogen-bond donors (Lipinski definition) is 1. The number of rotatable bonds is 8. The van der Waals surface area contributed by atoms with E-state index in [1.54, 1.807) is 13.8 Å². The van der Waals surface area contributed by atoms with Crippen LogP contribution in [0, 0.1) is 10.1 Å². The van der Waals surface area contributed by atoms with Crippen LogP contribution in [-0.2, 0) is 14.8 Å². The molecule has 0 aliphatic carbocycles. The van der Waals surface area contributed by atoms with Crippen LogP contribution in [0.3, 0.4) is 0 Å². The monoisotopic (exact) mass is 345 g/mol. The predicted octanol–water partition coefficient (Wildman–Crippen LogP) is 0.750. The van der Waals surface area contributed by atoms with Crippen molar-refractivity contribution in [1.82, 2.24) is 9.62 Å². The molecule has 1 aromatic carbocycles. The van der Waals surface area contributed by atoms with Crippen molar-refractivity contribution in [2.45, 2.75) is 18.7 Å². The Balaban J connectivity index is 3.23. The molecule has 0 bridgehead atoms. The van der Waals surface area contributed by atoms with Gasteiger partial charge in [0.15, 0.2) is 12.4 Å². The lowest BCUT2D eigenvalue weighted by Crippen LogP contribution is -2.30. The Kier molecular flexibility index (Phi) is 6.46. The van der Waals surface area contributed by atoms with Gasteiger partial charge in [0.2, 0.25) is 10.0 Å². The molecule has 128 valence electrons. The molecule has 23 heavy (non-hydrogen) atoms. The Labute approximate surface area is 134 Å². The van der Waals surface area contributed by atoms with Gasteiger partial charge in [-0.2, -0.15) is 4.31 Å². The molecule has 0 fully saturated rings. The van der Waals surface area contributed by atoms with E-state index in [4.69, 9.17) is 4.74 Å². The number of carbonyl (C=O) groups excluding carboxylic acids is 1. The second-order valence-electron chi connectivity index (χ2n) is 4.44. The van der Waals surface area contributed by atoms with Crippen molar-refractivity contribution in [3.8, 4) is 5.75 Å². The van der Waals surface area contributed by atoms with Crippen LogP contribution in [0.25, 0.3) is 0 Å². The van der Waals surface area contributed by atoms with Gasteiger partial charge < -0.3 is 10.1 Å². The molecule has 0 aromatic heterocycles. The number of benzene rings is 1. The number of nitro benzene ring substituents is 1. The Morgan fingerprint density at radius 1 is 1.35 bits per heavy atom. The molecule has 0 saturated carbocycles. The summed E-state index contributed by atoms with van der Waals surface area (Å²) in [5.41, 5.74) is -0.512. The number of amides is 1. The number of carbonyl (C=O) groups is 1. The number of hydrogen-bond acceptors (Lipinski definition) is 6. The van der Waals surface area contributed by atoms with Crippen LogP contribution in [-0.4, -0.2) is 50.3 Å². The summed E-state index contributed by atoms with van der Waals surface area (Å²) in [6.45, 7) is 3.45. The van der Waals surface area contributed by atoms with Gasteiger partial charge in [-0.05, 0) is 12.1 Å². The first-order chi connectivity index (χ1) is 10.8. The van der Waals surface area contributed by atoms with E-state index >= 15 is 0 Å². The average molecular weight is 345 g/mol. The van der Waals surface area contributed by atoms with Crippen molar-refractivity contribution in [3.63, 3.8) is 0 Å². The van der Waals surface area contributed by atoms with Crippen molar-refractivity contribution < 1.29 is 22.9 Å². The molecule has 0 radical (unpaired) electrons. The van der Waals surface area contributed by atoms with Gasteiger partial charge in [0.1, 0.15) is 0 Å². The Hall–Kier alpha value is -2.20. The second kappa shape index (κ2) is 7.88. The lowest BCUT2D eigenvalue weighted by atomic mass is 10.3. The van der Waals surface area contributed by atoms with Crippen LogP contribution in [0.2, 0.25) is 0 Å². The van der Waals surface area contributed by atoms with Gasteiger partial charge in [0.05, 0.1) is 9.82 Å². The SMILES string of the molecule is CCN(CC)S(=O)(=O)c1ccc(OCC(=O)NC)c([N+](=O)[O-])c1. The fourth-order valence-corrected chi connectivity index (χ4v) is 3.33. The van der Waals surface area contributed by atoms with E-state index in [2.05, 4.69) is 5.32 Å². The van der Waals surface area contributed by atoms with Crippen LogP contribution in [0.1, 0.15) is 13.8 Å². The fraction of sp³-hybridized carbons (Fsp3) is 0.462. The number of sulfonamides is 1. The van der Waals surface area contributed by atoms with E-state index in [1.165, 1.54) is 23.5 Å². The summed E-state index contributed by atoms with van der Waals surface area (Å²) in [6.07, 6.45) is 0. The molecule has 9 nitrogen and oxygen atoms in total. The minimum Gasteiger partial charge on any atom is -0.477 e. The quantitative estimate of drug-likeness (QED) is 0.548. The van der Waals surface area contributed by atoms with E-state index in [0.717, 1.165) is 6.07 Å². The van der Waals surface area contributed by atoms with Crippen LogP contribution in [0.4, 0.5) is 5.69 Å². The summed E-state index contributed by atoms with van der Waals surface area (Å²) < 4.78 is 31.0. The van der Waals surface area contributed by atoms with Crippen molar-refractivity contribution in [2.24, 2.45) is 0 Å². The zero-order valence-corrected chi connectivity index (χ0v) is 13.9. The largest absolute Gasteiger partial charge is 0.477 e. The van der Waals surface area contributed by atoms with Crippen molar-refractivity contribution in [3.05, 3.63) is 28.3 Å². The van der Waals surface area contributed by atoms with E-state index in [9.17, 15) is 23.3 Å². The molecule has 0 atom stereocenters. The van der Waals surface area contributed by atoms with Crippen LogP contribution in [0.5, 0.6) is 5.75 Å². The first-order valence-corrected chi connectivity index (χ1v) is 8.33. The van der Waals surface area contributed by atoms with Crippen molar-refractivity contribution in [2.75, 3.05) is 26.7 Å². The van der Waals surface area contributed by atoms with E-state index in [1.807, 2.05) is 0 Å². The highest BCUT2D eigenvalue weighted by molar-refractivity contribution is 7.89. The molecule has 0 aliphatic rings. The Morgan fingerprint density at radius 3 is 2.43 bits per heavy atom. The van der Waals surface area contributed by atoms with Gasteiger partial charge in [-0.3, -0.25) is 14.9 Å². The molecular weight excluding hydrogens is 326 g/mol. The summed E-state index contributed by atoms with van der Waals surface area (Å²) >= 11 is 0. The third-order valence-electron chi connectivity index (χ3n) is 3.11. The van der Waals surface area contributed by atoms with Crippen molar-refractivity contribution >= 4 is 21.6 Å². The zero-order valence-electron chi connectivity index (χ0n) is 13.1. The molecule has 1 N–H and O–H groups in total. The molecule has 0 unspecified atom stereocenters. The van der Waals surface area contributed by atoms with E-state index in [-0.39, 0.29) is 23.7 Å². The lowest BCUT2D eigenvalue weighted by molar-refractivity contribution is -0.386. The molecule has 1 aromatic rings. The summed E-state index contributed by atoms with van der Waals surface area (Å²) in [6, 6.07) is 3.34. The lowest BCUT2D eigenvalue weighted by Gasteiger charge is -2.18. The van der Waals surface area contributed by atoms with Crippen LogP contribution >= 0.6 is 0 Å². The van der Waals surface area contributed by atoms with Crippen LogP contribution in [0.15, 0.2) is 23.1 Å². The number of nitrogens with zero attached hydrogens (tertiary/aromatic N) is 2. The molecule has 1 amide bonds. The van der Waals surface area contributed by atoms with Gasteiger partial charge in [-0.15, -0.1) is 0 Å². The summed E-state index contributed by atoms with van der Waals surface area (Å²) in [5.74, 6) is -0.628. The highest BCUT2D eigenvalue weighted by Gasteiger charge is 2.26. The zero-order chi connectivity index (χ0) is 17.6. The molecule has 0 spiro atoms. The minimum absolute atomic E-state index is 0.169. The predicted molar refractivity (Wildman–Crippen MR) is 82.8 cm³/mol. The van der Waals surface area contributed by atoms with Gasteiger partial charge in [-0.1, -0.05) is 13.8 Å². The number of nitro groups is 1. The number of ether oxygens (including phenoxy) is 1. The van der Waals surface area contributed by atoms with E-state index < -0.39 is 33.1 Å². The van der Waals surface area contributed by atoms with Gasteiger partial charge >= 0.3 is 5.69 Å². The maximum Gasteiger partial charge on any atom is 0.312 e. The Bertz CT molecular complexity index is 685. The first-order valence-electron chi connectivity index (χ1n) is 6.89. The van der Waals surface area contributed by atoms with E-state index in [0.29, 0.717) is 0 Å². The molecule has 0 heterocycles. The second-order valence-corrected chi connectivity index (χ2v) is 6.38. The smallest absolute Gasteiger partial charge is 0.312 e. The molecular formula is C13H19N3O6S. The fourth-order valence-electron chi connectivity index (χ4n) is 1.85. The normalized spacial score (nSPS) is 11.3. The standard InChI is InChI=1S/C13H19N3O6S/c1-4-15(5-2)23(20,21)10-6-7-12(11(8-10)16(18)19)22-9-13(17)14-3/h6-8H,4-5,9H2,1-3H3,(H,14,17). The first kappa shape index (κ1) is 18.8. The minimum atomic E-state index is -3.82. The van der Waals surface area contributed by atoms with Gasteiger partial charge in [0, 0.05) is 26.2 Å². The molecule has 0 saturated heterocycles.